The monoisotopic (exact) mass is 480 g/mol. The summed E-state index contributed by atoms with van der Waals surface area (Å²) in [5, 5.41) is 2.81. The molecule has 2 amide bonds. The first-order valence-corrected chi connectivity index (χ1v) is 9.81. The smallest absolute Gasteiger partial charge is 0.252 e. The third-order valence-electron chi connectivity index (χ3n) is 4.06. The largest absolute Gasteiger partial charge is 0.366 e. The number of ether oxygens (including phenoxy) is 1. The molecule has 3 rings (SSSR count). The highest BCUT2D eigenvalue weighted by Gasteiger charge is 2.31. The first-order valence-electron chi connectivity index (χ1n) is 8.22. The zero-order valence-corrected chi connectivity index (χ0v) is 17.1. The Hall–Kier alpha value is -1.70. The Morgan fingerprint density at radius 1 is 1.19 bits per heavy atom. The van der Waals surface area contributed by atoms with E-state index in [1.165, 1.54) is 0 Å². The van der Waals surface area contributed by atoms with E-state index in [1.807, 2.05) is 42.5 Å². The van der Waals surface area contributed by atoms with Crippen molar-refractivity contribution in [3.8, 4) is 0 Å². The summed E-state index contributed by atoms with van der Waals surface area (Å²) in [6.07, 6.45) is -0.756. The molecule has 1 unspecified atom stereocenters. The van der Waals surface area contributed by atoms with Crippen LogP contribution in [0.3, 0.4) is 0 Å². The van der Waals surface area contributed by atoms with Crippen LogP contribution in [0.1, 0.15) is 12.0 Å². The molecule has 2 aromatic carbocycles. The van der Waals surface area contributed by atoms with Gasteiger partial charge in [-0.2, -0.15) is 0 Å². The molecule has 1 atom stereocenters. The van der Waals surface area contributed by atoms with E-state index in [2.05, 4.69) is 37.2 Å². The van der Waals surface area contributed by atoms with Crippen molar-refractivity contribution in [2.45, 2.75) is 19.1 Å². The predicted molar refractivity (Wildman–Crippen MR) is 107 cm³/mol. The second-order valence-corrected chi connectivity index (χ2v) is 7.75. The molecule has 0 aromatic heterocycles. The summed E-state index contributed by atoms with van der Waals surface area (Å²) in [6.45, 7) is 1.49. The number of carbonyl (C=O) groups excluding carboxylic acids is 2. The van der Waals surface area contributed by atoms with Crippen LogP contribution in [0.25, 0.3) is 0 Å². The first-order chi connectivity index (χ1) is 12.5. The van der Waals surface area contributed by atoms with Crippen molar-refractivity contribution in [3.05, 3.63) is 63.0 Å². The van der Waals surface area contributed by atoms with E-state index >= 15 is 0 Å². The summed E-state index contributed by atoms with van der Waals surface area (Å²) in [6, 6.07) is 15.3. The van der Waals surface area contributed by atoms with E-state index in [9.17, 15) is 9.59 Å². The zero-order chi connectivity index (χ0) is 18.5. The summed E-state index contributed by atoms with van der Waals surface area (Å²) in [4.78, 5) is 26.7. The average molecular weight is 482 g/mol. The molecule has 1 aliphatic heterocycles. The molecule has 0 saturated carbocycles. The van der Waals surface area contributed by atoms with Crippen molar-refractivity contribution in [1.29, 1.82) is 0 Å². The van der Waals surface area contributed by atoms with Gasteiger partial charge in [-0.1, -0.05) is 46.3 Å². The van der Waals surface area contributed by atoms with Crippen LogP contribution in [0.5, 0.6) is 0 Å². The summed E-state index contributed by atoms with van der Waals surface area (Å²) in [7, 11) is 0. The second-order valence-electron chi connectivity index (χ2n) is 5.98. The Labute approximate surface area is 169 Å². The number of nitrogens with zero attached hydrogens (tertiary/aromatic N) is 1. The van der Waals surface area contributed by atoms with Gasteiger partial charge in [-0.25, -0.2) is 0 Å². The normalized spacial score (nSPS) is 17.2. The number of carbonyl (C=O) groups is 2. The first kappa shape index (κ1) is 19.1. The third kappa shape index (κ3) is 4.93. The molecule has 0 spiro atoms. The molecular weight excluding hydrogens is 464 g/mol. The standard InChI is InChI=1S/C19H18Br2N2O3/c20-14-6-7-16(15(21)10-14)22-18(24)11-17-19(25)23(8-9-26-17)12-13-4-2-1-3-5-13/h1-7,10,17H,8-9,11-12H2,(H,22,24). The van der Waals surface area contributed by atoms with Crippen LogP contribution in [0, 0.1) is 0 Å². The van der Waals surface area contributed by atoms with Gasteiger partial charge in [0.1, 0.15) is 6.10 Å². The lowest BCUT2D eigenvalue weighted by molar-refractivity contribution is -0.155. The Morgan fingerprint density at radius 3 is 2.69 bits per heavy atom. The number of morpholine rings is 1. The molecule has 1 aliphatic rings. The average Bonchev–Trinajstić information content (AvgIpc) is 2.62. The molecule has 0 radical (unpaired) electrons. The van der Waals surface area contributed by atoms with Gasteiger partial charge in [0.05, 0.1) is 18.7 Å². The van der Waals surface area contributed by atoms with Crippen LogP contribution in [-0.4, -0.2) is 36.0 Å². The van der Waals surface area contributed by atoms with Crippen molar-refractivity contribution < 1.29 is 14.3 Å². The highest BCUT2D eigenvalue weighted by Crippen LogP contribution is 2.26. The molecule has 1 fully saturated rings. The summed E-state index contributed by atoms with van der Waals surface area (Å²) >= 11 is 6.78. The van der Waals surface area contributed by atoms with Gasteiger partial charge in [-0.05, 0) is 39.7 Å². The van der Waals surface area contributed by atoms with Crippen molar-refractivity contribution in [2.24, 2.45) is 0 Å². The summed E-state index contributed by atoms with van der Waals surface area (Å²) < 4.78 is 7.22. The number of anilines is 1. The maximum absolute atomic E-state index is 12.6. The molecule has 0 aliphatic carbocycles. The minimum Gasteiger partial charge on any atom is -0.366 e. The number of hydrogen-bond acceptors (Lipinski definition) is 3. The molecule has 1 heterocycles. The number of rotatable bonds is 5. The van der Waals surface area contributed by atoms with Gasteiger partial charge in [-0.3, -0.25) is 9.59 Å². The fourth-order valence-corrected chi connectivity index (χ4v) is 3.90. The van der Waals surface area contributed by atoms with E-state index in [0.717, 1.165) is 14.5 Å². The van der Waals surface area contributed by atoms with Gasteiger partial charge in [-0.15, -0.1) is 0 Å². The van der Waals surface area contributed by atoms with Gasteiger partial charge in [0.25, 0.3) is 5.91 Å². The lowest BCUT2D eigenvalue weighted by atomic mass is 10.1. The molecule has 1 saturated heterocycles. The number of halogens is 2. The topological polar surface area (TPSA) is 58.6 Å². The number of amides is 2. The van der Waals surface area contributed by atoms with Crippen molar-refractivity contribution in [1.82, 2.24) is 4.90 Å². The number of nitrogens with one attached hydrogen (secondary N) is 1. The maximum atomic E-state index is 12.6. The Balaban J connectivity index is 1.60. The number of hydrogen-bond donors (Lipinski definition) is 1. The Morgan fingerprint density at radius 2 is 1.96 bits per heavy atom. The number of benzene rings is 2. The quantitative estimate of drug-likeness (QED) is 0.702. The van der Waals surface area contributed by atoms with Gasteiger partial charge in [0.2, 0.25) is 5.91 Å². The van der Waals surface area contributed by atoms with Crippen LogP contribution in [0.4, 0.5) is 5.69 Å². The molecule has 1 N–H and O–H groups in total. The van der Waals surface area contributed by atoms with Gasteiger partial charge >= 0.3 is 0 Å². The minimum absolute atomic E-state index is 0.00731. The van der Waals surface area contributed by atoms with Gasteiger partial charge in [0.15, 0.2) is 0 Å². The van der Waals surface area contributed by atoms with E-state index in [1.54, 1.807) is 11.0 Å². The highest BCUT2D eigenvalue weighted by atomic mass is 79.9. The molecule has 26 heavy (non-hydrogen) atoms. The zero-order valence-electron chi connectivity index (χ0n) is 14.0. The summed E-state index contributed by atoms with van der Waals surface area (Å²) in [5.41, 5.74) is 1.72. The van der Waals surface area contributed by atoms with Gasteiger partial charge in [0, 0.05) is 22.0 Å². The fourth-order valence-electron chi connectivity index (χ4n) is 2.76. The van der Waals surface area contributed by atoms with Crippen LogP contribution in [-0.2, 0) is 20.9 Å². The molecular formula is C19H18Br2N2O3. The van der Waals surface area contributed by atoms with Crippen molar-refractivity contribution in [3.63, 3.8) is 0 Å². The lowest BCUT2D eigenvalue weighted by Gasteiger charge is -2.32. The molecule has 5 nitrogen and oxygen atoms in total. The van der Waals surface area contributed by atoms with E-state index < -0.39 is 6.10 Å². The molecule has 0 bridgehead atoms. The predicted octanol–water partition coefficient (Wildman–Crippen LogP) is 3.97. The van der Waals surface area contributed by atoms with E-state index in [4.69, 9.17) is 4.74 Å². The Bertz CT molecular complexity index is 799. The second kappa shape index (κ2) is 8.79. The lowest BCUT2D eigenvalue weighted by Crippen LogP contribution is -2.48. The summed E-state index contributed by atoms with van der Waals surface area (Å²) in [5.74, 6) is -0.405. The third-order valence-corrected chi connectivity index (χ3v) is 5.21. The molecule has 7 heteroatoms. The van der Waals surface area contributed by atoms with Crippen molar-refractivity contribution >= 4 is 49.4 Å². The van der Waals surface area contributed by atoms with Crippen LogP contribution in [0.2, 0.25) is 0 Å². The van der Waals surface area contributed by atoms with Crippen LogP contribution >= 0.6 is 31.9 Å². The SMILES string of the molecule is O=C(CC1OCCN(Cc2ccccc2)C1=O)Nc1ccc(Br)cc1Br. The maximum Gasteiger partial charge on any atom is 0.252 e. The highest BCUT2D eigenvalue weighted by molar-refractivity contribution is 9.11. The van der Waals surface area contributed by atoms with Crippen LogP contribution in [0.15, 0.2) is 57.5 Å². The molecule has 2 aromatic rings. The van der Waals surface area contributed by atoms with Crippen molar-refractivity contribution in [2.75, 3.05) is 18.5 Å². The Kier molecular flexibility index (Phi) is 6.45. The van der Waals surface area contributed by atoms with E-state index in [0.29, 0.717) is 25.4 Å². The van der Waals surface area contributed by atoms with E-state index in [-0.39, 0.29) is 18.2 Å². The fraction of sp³-hybridized carbons (Fsp3) is 0.263. The molecule has 136 valence electrons. The minimum atomic E-state index is -0.748. The van der Waals surface area contributed by atoms with Crippen LogP contribution < -0.4 is 5.32 Å². The van der Waals surface area contributed by atoms with Gasteiger partial charge < -0.3 is 15.0 Å².